The summed E-state index contributed by atoms with van der Waals surface area (Å²) in [4.78, 5) is 6.51. The molecule has 1 aromatic carbocycles. The smallest absolute Gasteiger partial charge is 0.193 e. The lowest BCUT2D eigenvalue weighted by Gasteiger charge is -2.24. The van der Waals surface area contributed by atoms with Gasteiger partial charge in [0.05, 0.1) is 6.61 Å². The fraction of sp³-hybridized carbons (Fsp3) is 0.562. The highest BCUT2D eigenvalue weighted by atomic mass is 127. The molecule has 2 rings (SSSR count). The van der Waals surface area contributed by atoms with Crippen molar-refractivity contribution in [1.82, 2.24) is 10.2 Å². The van der Waals surface area contributed by atoms with Crippen LogP contribution in [0.1, 0.15) is 12.0 Å². The van der Waals surface area contributed by atoms with E-state index in [0.29, 0.717) is 5.92 Å². The molecule has 1 fully saturated rings. The summed E-state index contributed by atoms with van der Waals surface area (Å²) in [6, 6.07) is 7.96. The van der Waals surface area contributed by atoms with Gasteiger partial charge in [-0.05, 0) is 24.5 Å². The van der Waals surface area contributed by atoms with Gasteiger partial charge in [-0.3, -0.25) is 4.99 Å². The van der Waals surface area contributed by atoms with E-state index in [1.165, 1.54) is 0 Å². The third-order valence-corrected chi connectivity index (χ3v) is 4.13. The largest absolute Gasteiger partial charge is 0.381 e. The molecule has 1 saturated heterocycles. The minimum Gasteiger partial charge on any atom is -0.381 e. The second-order valence-electron chi connectivity index (χ2n) is 5.43. The zero-order valence-corrected chi connectivity index (χ0v) is 16.3. The Hall–Kier alpha value is -0.530. The summed E-state index contributed by atoms with van der Waals surface area (Å²) in [6.45, 7) is 3.55. The number of rotatable bonds is 5. The summed E-state index contributed by atoms with van der Waals surface area (Å²) in [5.41, 5.74) is 1.16. The molecular formula is C16H25ClIN3O. The average Bonchev–Trinajstić information content (AvgIpc) is 2.98. The molecule has 0 aromatic heterocycles. The van der Waals surface area contributed by atoms with Crippen LogP contribution in [0.25, 0.3) is 0 Å². The topological polar surface area (TPSA) is 36.9 Å². The fourth-order valence-electron chi connectivity index (χ4n) is 2.60. The number of hydrogen-bond donors (Lipinski definition) is 1. The lowest BCUT2D eigenvalue weighted by molar-refractivity contribution is 0.181. The van der Waals surface area contributed by atoms with Crippen molar-refractivity contribution in [3.8, 4) is 0 Å². The molecule has 1 N–H and O–H groups in total. The number of benzene rings is 1. The third kappa shape index (κ3) is 5.93. The summed E-state index contributed by atoms with van der Waals surface area (Å²) in [5.74, 6) is 1.53. The number of aliphatic imine (C=N–C) groups is 1. The van der Waals surface area contributed by atoms with E-state index in [4.69, 9.17) is 16.3 Å². The quantitative estimate of drug-likeness (QED) is 0.437. The van der Waals surface area contributed by atoms with Gasteiger partial charge in [-0.2, -0.15) is 0 Å². The number of ether oxygens (including phenoxy) is 1. The van der Waals surface area contributed by atoms with Crippen molar-refractivity contribution in [3.63, 3.8) is 0 Å². The van der Waals surface area contributed by atoms with Crippen LogP contribution in [-0.2, 0) is 11.2 Å². The van der Waals surface area contributed by atoms with Gasteiger partial charge in [0.2, 0.25) is 0 Å². The zero-order chi connectivity index (χ0) is 15.1. The first-order valence-corrected chi connectivity index (χ1v) is 7.81. The van der Waals surface area contributed by atoms with Crippen LogP contribution in [0.15, 0.2) is 29.3 Å². The van der Waals surface area contributed by atoms with Gasteiger partial charge in [0, 0.05) is 44.7 Å². The highest BCUT2D eigenvalue weighted by molar-refractivity contribution is 14.0. The first-order valence-electron chi connectivity index (χ1n) is 7.43. The molecule has 4 nitrogen and oxygen atoms in total. The molecule has 1 unspecified atom stereocenters. The van der Waals surface area contributed by atoms with Crippen LogP contribution in [0.3, 0.4) is 0 Å². The van der Waals surface area contributed by atoms with E-state index in [-0.39, 0.29) is 24.0 Å². The molecule has 0 bridgehead atoms. The Morgan fingerprint density at radius 2 is 2.23 bits per heavy atom. The van der Waals surface area contributed by atoms with Crippen LogP contribution in [-0.4, -0.2) is 51.3 Å². The molecule has 1 aromatic rings. The van der Waals surface area contributed by atoms with Crippen LogP contribution in [0.4, 0.5) is 0 Å². The van der Waals surface area contributed by atoms with Crippen molar-refractivity contribution in [2.45, 2.75) is 12.8 Å². The van der Waals surface area contributed by atoms with E-state index < -0.39 is 0 Å². The van der Waals surface area contributed by atoms with Gasteiger partial charge in [-0.25, -0.2) is 0 Å². The van der Waals surface area contributed by atoms with Crippen molar-refractivity contribution < 1.29 is 4.74 Å². The molecular weight excluding hydrogens is 413 g/mol. The summed E-state index contributed by atoms with van der Waals surface area (Å²) in [7, 11) is 3.89. The van der Waals surface area contributed by atoms with Crippen molar-refractivity contribution in [2.24, 2.45) is 10.9 Å². The average molecular weight is 438 g/mol. The van der Waals surface area contributed by atoms with E-state index in [2.05, 4.69) is 28.3 Å². The van der Waals surface area contributed by atoms with Gasteiger partial charge in [-0.15, -0.1) is 24.0 Å². The molecule has 1 atom stereocenters. The normalized spacial score (nSPS) is 18.0. The highest BCUT2D eigenvalue weighted by Gasteiger charge is 2.18. The van der Waals surface area contributed by atoms with Crippen LogP contribution in [0.5, 0.6) is 0 Å². The summed E-state index contributed by atoms with van der Waals surface area (Å²) in [6.07, 6.45) is 2.03. The van der Waals surface area contributed by atoms with Gasteiger partial charge >= 0.3 is 0 Å². The lowest BCUT2D eigenvalue weighted by Crippen LogP contribution is -2.42. The minimum absolute atomic E-state index is 0. The van der Waals surface area contributed by atoms with Crippen LogP contribution in [0, 0.1) is 5.92 Å². The maximum atomic E-state index is 6.17. The number of hydrogen-bond acceptors (Lipinski definition) is 2. The molecule has 1 aliphatic heterocycles. The maximum Gasteiger partial charge on any atom is 0.193 e. The molecule has 0 saturated carbocycles. The van der Waals surface area contributed by atoms with E-state index in [0.717, 1.165) is 55.7 Å². The van der Waals surface area contributed by atoms with Gasteiger partial charge in [0.25, 0.3) is 0 Å². The van der Waals surface area contributed by atoms with Gasteiger partial charge < -0.3 is 15.0 Å². The van der Waals surface area contributed by atoms with Crippen molar-refractivity contribution in [1.29, 1.82) is 0 Å². The van der Waals surface area contributed by atoms with E-state index in [1.807, 2.05) is 25.2 Å². The molecule has 0 aliphatic carbocycles. The fourth-order valence-corrected chi connectivity index (χ4v) is 2.83. The third-order valence-electron chi connectivity index (χ3n) is 3.76. The van der Waals surface area contributed by atoms with Gasteiger partial charge in [-0.1, -0.05) is 29.8 Å². The Morgan fingerprint density at radius 3 is 2.86 bits per heavy atom. The first kappa shape index (κ1) is 19.5. The van der Waals surface area contributed by atoms with Gasteiger partial charge in [0.1, 0.15) is 0 Å². The van der Waals surface area contributed by atoms with E-state index >= 15 is 0 Å². The van der Waals surface area contributed by atoms with Crippen LogP contribution >= 0.6 is 35.6 Å². The predicted molar refractivity (Wildman–Crippen MR) is 103 cm³/mol. The molecule has 0 amide bonds. The second-order valence-corrected chi connectivity index (χ2v) is 5.83. The van der Waals surface area contributed by atoms with Crippen LogP contribution in [0.2, 0.25) is 5.02 Å². The monoisotopic (exact) mass is 437 g/mol. The number of guanidine groups is 1. The van der Waals surface area contributed by atoms with E-state index in [9.17, 15) is 0 Å². The maximum absolute atomic E-state index is 6.17. The molecule has 22 heavy (non-hydrogen) atoms. The summed E-state index contributed by atoms with van der Waals surface area (Å²) in [5, 5.41) is 4.22. The standard InChI is InChI=1S/C16H24ClN3O.HI/c1-18-16(20(2)11-13-8-10-21-12-13)19-9-7-14-5-3-4-6-15(14)17;/h3-6,13H,7-12H2,1-2H3,(H,18,19);1H. The molecule has 6 heteroatoms. The van der Waals surface area contributed by atoms with E-state index in [1.54, 1.807) is 0 Å². The molecule has 1 aliphatic rings. The predicted octanol–water partition coefficient (Wildman–Crippen LogP) is 3.04. The summed E-state index contributed by atoms with van der Waals surface area (Å²) >= 11 is 6.17. The Bertz CT molecular complexity index is 478. The number of halogens is 2. The number of nitrogens with one attached hydrogen (secondary N) is 1. The number of nitrogens with zero attached hydrogens (tertiary/aromatic N) is 2. The zero-order valence-electron chi connectivity index (χ0n) is 13.2. The second kappa shape index (κ2) is 10.3. The Morgan fingerprint density at radius 1 is 1.45 bits per heavy atom. The lowest BCUT2D eigenvalue weighted by atomic mass is 10.1. The molecule has 1 heterocycles. The van der Waals surface area contributed by atoms with Crippen molar-refractivity contribution in [2.75, 3.05) is 40.4 Å². The Kier molecular flexibility index (Phi) is 9.12. The summed E-state index contributed by atoms with van der Waals surface area (Å²) < 4.78 is 5.42. The molecule has 0 spiro atoms. The Labute approximate surface area is 155 Å². The SMILES string of the molecule is CN=C(NCCc1ccccc1Cl)N(C)CC1CCOC1.I. The van der Waals surface area contributed by atoms with Gasteiger partial charge in [0.15, 0.2) is 5.96 Å². The Balaban J connectivity index is 0.00000242. The van der Waals surface area contributed by atoms with Crippen LogP contribution < -0.4 is 5.32 Å². The highest BCUT2D eigenvalue weighted by Crippen LogP contribution is 2.15. The molecule has 0 radical (unpaired) electrons. The van der Waals surface area contributed by atoms with Crippen molar-refractivity contribution >= 4 is 41.5 Å². The minimum atomic E-state index is 0. The first-order chi connectivity index (χ1) is 10.2. The van der Waals surface area contributed by atoms with Crippen molar-refractivity contribution in [3.05, 3.63) is 34.9 Å². The molecule has 124 valence electrons.